The summed E-state index contributed by atoms with van der Waals surface area (Å²) in [5, 5.41) is 12.0. The minimum absolute atomic E-state index is 0.0640. The van der Waals surface area contributed by atoms with Crippen molar-refractivity contribution in [1.82, 2.24) is 10.2 Å². The number of hydrogen-bond donors (Lipinski definition) is 2. The van der Waals surface area contributed by atoms with Gasteiger partial charge in [0.2, 0.25) is 0 Å². The standard InChI is InChI=1S/C24H25Cl2F3N2O2/c1-22(2,33)13-31-12-15-9-23(31,10-15)16-5-3-14(4-6-16)11-30-21(32)19-18(25)8-7-17(20(19)26)24(27,28)29/h3-8,15,33H,9-13H2,1-2H3,(H,30,32). The predicted octanol–water partition coefficient (Wildman–Crippen LogP) is 5.63. The van der Waals surface area contributed by atoms with Gasteiger partial charge in [-0.15, -0.1) is 0 Å². The van der Waals surface area contributed by atoms with Gasteiger partial charge >= 0.3 is 6.18 Å². The van der Waals surface area contributed by atoms with Crippen LogP contribution in [0.2, 0.25) is 10.0 Å². The maximum absolute atomic E-state index is 13.1. The van der Waals surface area contributed by atoms with E-state index in [1.165, 1.54) is 5.56 Å². The Hall–Kier alpha value is -1.80. The average molecular weight is 501 g/mol. The Balaban J connectivity index is 1.45. The first kappa shape index (κ1) is 24.3. The molecule has 2 bridgehead atoms. The maximum atomic E-state index is 13.1. The lowest BCUT2D eigenvalue weighted by Crippen LogP contribution is -2.48. The van der Waals surface area contributed by atoms with Crippen LogP contribution in [-0.2, 0) is 18.3 Å². The van der Waals surface area contributed by atoms with E-state index in [1.54, 1.807) is 0 Å². The predicted molar refractivity (Wildman–Crippen MR) is 121 cm³/mol. The van der Waals surface area contributed by atoms with Gasteiger partial charge in [-0.25, -0.2) is 0 Å². The number of carbonyl (C=O) groups excluding carboxylic acids is 1. The fraction of sp³-hybridized carbons (Fsp3) is 0.458. The number of rotatable bonds is 6. The van der Waals surface area contributed by atoms with Gasteiger partial charge in [0, 0.05) is 25.2 Å². The quantitative estimate of drug-likeness (QED) is 0.539. The summed E-state index contributed by atoms with van der Waals surface area (Å²) in [6.07, 6.45) is -2.57. The fourth-order valence-electron chi connectivity index (χ4n) is 5.05. The molecular weight excluding hydrogens is 476 g/mol. The van der Waals surface area contributed by atoms with Crippen LogP contribution in [0.15, 0.2) is 36.4 Å². The topological polar surface area (TPSA) is 52.6 Å². The molecular formula is C24H25Cl2F3N2O2. The molecule has 4 nitrogen and oxygen atoms in total. The van der Waals surface area contributed by atoms with Gasteiger partial charge in [-0.1, -0.05) is 47.5 Å². The fourth-order valence-corrected chi connectivity index (χ4v) is 5.70. The van der Waals surface area contributed by atoms with Crippen molar-refractivity contribution in [3.05, 3.63) is 68.7 Å². The van der Waals surface area contributed by atoms with Crippen molar-refractivity contribution in [1.29, 1.82) is 0 Å². The van der Waals surface area contributed by atoms with Crippen molar-refractivity contribution in [2.45, 2.75) is 50.6 Å². The molecule has 2 aromatic carbocycles. The lowest BCUT2D eigenvalue weighted by atomic mass is 9.69. The first-order valence-electron chi connectivity index (χ1n) is 10.7. The van der Waals surface area contributed by atoms with E-state index in [9.17, 15) is 23.1 Å². The Bertz CT molecular complexity index is 1060. The summed E-state index contributed by atoms with van der Waals surface area (Å²) in [5.74, 6) is -0.124. The molecule has 178 valence electrons. The van der Waals surface area contributed by atoms with Crippen LogP contribution in [-0.4, -0.2) is 34.6 Å². The molecule has 2 N–H and O–H groups in total. The molecule has 3 aliphatic rings. The van der Waals surface area contributed by atoms with Crippen LogP contribution in [0.25, 0.3) is 0 Å². The van der Waals surface area contributed by atoms with Crippen LogP contribution in [0.1, 0.15) is 53.7 Å². The highest BCUT2D eigenvalue weighted by Crippen LogP contribution is 2.57. The Morgan fingerprint density at radius 2 is 1.79 bits per heavy atom. The Labute approximate surface area is 200 Å². The van der Waals surface area contributed by atoms with Crippen molar-refractivity contribution in [2.75, 3.05) is 13.1 Å². The molecule has 2 saturated heterocycles. The van der Waals surface area contributed by atoms with Crippen LogP contribution >= 0.6 is 23.2 Å². The molecule has 2 heterocycles. The van der Waals surface area contributed by atoms with Crippen molar-refractivity contribution >= 4 is 29.1 Å². The van der Waals surface area contributed by atoms with E-state index in [4.69, 9.17) is 23.2 Å². The van der Waals surface area contributed by atoms with Gasteiger partial charge in [0.05, 0.1) is 26.8 Å². The lowest BCUT2D eigenvalue weighted by Gasteiger charge is -2.44. The van der Waals surface area contributed by atoms with Gasteiger partial charge < -0.3 is 10.4 Å². The second-order valence-electron chi connectivity index (χ2n) is 9.66. The third-order valence-corrected chi connectivity index (χ3v) is 7.19. The minimum atomic E-state index is -4.69. The Morgan fingerprint density at radius 1 is 1.15 bits per heavy atom. The highest BCUT2D eigenvalue weighted by atomic mass is 35.5. The molecule has 0 spiro atoms. The number of amides is 1. The molecule has 0 aromatic heterocycles. The molecule has 1 amide bonds. The average Bonchev–Trinajstić information content (AvgIpc) is 3.18. The molecule has 0 radical (unpaired) electrons. The second-order valence-corrected chi connectivity index (χ2v) is 10.4. The summed E-state index contributed by atoms with van der Waals surface area (Å²) in [6, 6.07) is 9.61. The van der Waals surface area contributed by atoms with Crippen LogP contribution in [0.3, 0.4) is 0 Å². The van der Waals surface area contributed by atoms with Gasteiger partial charge in [-0.3, -0.25) is 9.69 Å². The third kappa shape index (κ3) is 4.74. The number of aliphatic hydroxyl groups is 1. The molecule has 2 aromatic rings. The largest absolute Gasteiger partial charge is 0.417 e. The summed E-state index contributed by atoms with van der Waals surface area (Å²) in [5.41, 5.74) is -0.373. The van der Waals surface area contributed by atoms with Crippen molar-refractivity contribution in [2.24, 2.45) is 5.92 Å². The smallest absolute Gasteiger partial charge is 0.389 e. The molecule has 3 fully saturated rings. The number of carbonyl (C=O) groups is 1. The molecule has 9 heteroatoms. The molecule has 1 saturated carbocycles. The number of benzene rings is 2. The van der Waals surface area contributed by atoms with Crippen LogP contribution in [0.5, 0.6) is 0 Å². The van der Waals surface area contributed by atoms with E-state index in [0.29, 0.717) is 12.5 Å². The summed E-state index contributed by atoms with van der Waals surface area (Å²) in [7, 11) is 0. The number of halogens is 5. The molecule has 0 atom stereocenters. The van der Waals surface area contributed by atoms with E-state index in [0.717, 1.165) is 37.1 Å². The summed E-state index contributed by atoms with van der Waals surface area (Å²) in [4.78, 5) is 14.9. The zero-order valence-corrected chi connectivity index (χ0v) is 19.8. The molecule has 2 aliphatic heterocycles. The van der Waals surface area contributed by atoms with Crippen LogP contribution < -0.4 is 5.32 Å². The molecule has 5 rings (SSSR count). The van der Waals surface area contributed by atoms with Gasteiger partial charge in [-0.2, -0.15) is 13.2 Å². The monoisotopic (exact) mass is 500 g/mol. The minimum Gasteiger partial charge on any atom is -0.389 e. The first-order valence-corrected chi connectivity index (χ1v) is 11.5. The number of alkyl halides is 3. The zero-order chi connectivity index (χ0) is 24.2. The van der Waals surface area contributed by atoms with Crippen molar-refractivity contribution < 1.29 is 23.1 Å². The van der Waals surface area contributed by atoms with E-state index < -0.39 is 33.8 Å². The van der Waals surface area contributed by atoms with Gasteiger partial charge in [0.25, 0.3) is 5.91 Å². The highest BCUT2D eigenvalue weighted by Gasteiger charge is 2.57. The molecule has 33 heavy (non-hydrogen) atoms. The van der Waals surface area contributed by atoms with E-state index in [-0.39, 0.29) is 17.1 Å². The van der Waals surface area contributed by atoms with Gasteiger partial charge in [0.1, 0.15) is 0 Å². The normalized spacial score (nSPS) is 22.8. The van der Waals surface area contributed by atoms with Gasteiger partial charge in [0.15, 0.2) is 0 Å². The van der Waals surface area contributed by atoms with Gasteiger partial charge in [-0.05, 0) is 55.9 Å². The molecule has 1 aliphatic carbocycles. The SMILES string of the molecule is CC(C)(O)CN1CC2CC1(c1ccc(CNC(=O)c3c(Cl)ccc(C(F)(F)F)c3Cl)cc1)C2. The van der Waals surface area contributed by atoms with E-state index >= 15 is 0 Å². The number of hydrogen-bond acceptors (Lipinski definition) is 3. The van der Waals surface area contributed by atoms with Crippen LogP contribution in [0.4, 0.5) is 13.2 Å². The number of fused-ring (bicyclic) bond motifs is 1. The third-order valence-electron chi connectivity index (χ3n) is 6.48. The van der Waals surface area contributed by atoms with Crippen LogP contribution in [0, 0.1) is 5.92 Å². The second kappa shape index (κ2) is 8.45. The zero-order valence-electron chi connectivity index (χ0n) is 18.3. The Morgan fingerprint density at radius 3 is 2.36 bits per heavy atom. The maximum Gasteiger partial charge on any atom is 0.417 e. The van der Waals surface area contributed by atoms with E-state index in [1.807, 2.05) is 38.1 Å². The highest BCUT2D eigenvalue weighted by molar-refractivity contribution is 6.40. The van der Waals surface area contributed by atoms with E-state index in [2.05, 4.69) is 10.2 Å². The first-order chi connectivity index (χ1) is 15.3. The summed E-state index contributed by atoms with van der Waals surface area (Å²) < 4.78 is 39.4. The molecule has 0 unspecified atom stereocenters. The summed E-state index contributed by atoms with van der Waals surface area (Å²) in [6.45, 7) is 5.31. The lowest BCUT2D eigenvalue weighted by molar-refractivity contribution is -0.137. The Kier molecular flexibility index (Phi) is 6.23. The van der Waals surface area contributed by atoms with Crippen molar-refractivity contribution in [3.63, 3.8) is 0 Å². The summed E-state index contributed by atoms with van der Waals surface area (Å²) >= 11 is 11.8. The number of nitrogens with one attached hydrogen (secondary N) is 1. The van der Waals surface area contributed by atoms with Crippen molar-refractivity contribution in [3.8, 4) is 0 Å². The number of nitrogens with zero attached hydrogens (tertiary/aromatic N) is 1.